The molecule has 0 aromatic rings. The molecule has 0 saturated carbocycles. The molecular weight excluding hydrogens is 259 g/mol. The maximum Gasteiger partial charge on any atom is 0.411 e. The number of alkyl halides is 3. The van der Waals surface area contributed by atoms with Crippen LogP contribution in [0.25, 0.3) is 0 Å². The number of rotatable bonds is 4. The van der Waals surface area contributed by atoms with Crippen LogP contribution in [-0.2, 0) is 14.3 Å². The number of carboxylic acid groups (broad SMARTS) is 1. The van der Waals surface area contributed by atoms with Crippen LogP contribution in [0.15, 0.2) is 11.3 Å². The first kappa shape index (κ1) is 14.3. The van der Waals surface area contributed by atoms with E-state index in [-0.39, 0.29) is 4.90 Å². The molecule has 1 atom stereocenters. The van der Waals surface area contributed by atoms with Gasteiger partial charge in [0, 0.05) is 7.11 Å². The Labute approximate surface area is 99.2 Å². The summed E-state index contributed by atoms with van der Waals surface area (Å²) in [5.74, 6) is -4.18. The van der Waals surface area contributed by atoms with Crippen LogP contribution in [0, 0.1) is 0 Å². The van der Waals surface area contributed by atoms with Gasteiger partial charge in [-0.15, -0.1) is 0 Å². The zero-order valence-electron chi connectivity index (χ0n) is 9.19. The van der Waals surface area contributed by atoms with Crippen molar-refractivity contribution in [2.75, 3.05) is 20.3 Å². The molecule has 1 rings (SSSR count). The maximum atomic E-state index is 12.7. The molecule has 0 aliphatic carbocycles. The summed E-state index contributed by atoms with van der Waals surface area (Å²) in [4.78, 5) is 22.2. The summed E-state index contributed by atoms with van der Waals surface area (Å²) in [5, 5.41) is 17.8. The lowest BCUT2D eigenvalue weighted by Gasteiger charge is -2.28. The van der Waals surface area contributed by atoms with Gasteiger partial charge in [-0.3, -0.25) is 4.79 Å². The molecule has 1 aliphatic heterocycles. The molecule has 0 unspecified atom stereocenters. The fraction of sp³-hybridized carbons (Fsp3) is 0.556. The van der Waals surface area contributed by atoms with Crippen molar-refractivity contribution in [3.63, 3.8) is 0 Å². The summed E-state index contributed by atoms with van der Waals surface area (Å²) >= 11 is 0. The molecule has 0 aromatic carbocycles. The molecular formula is C9H10F3NO5. The number of carbonyl (C=O) groups is 2. The number of carboxylic acids is 1. The van der Waals surface area contributed by atoms with Gasteiger partial charge in [0.05, 0.1) is 13.2 Å². The van der Waals surface area contributed by atoms with Gasteiger partial charge in [0.15, 0.2) is 11.8 Å². The standard InChI is InChI=1S/C9H10F3NO5/c1-18-3-5(9(10,11)12)13-2-4(8(16)17)6(14)7(13)15/h5,14H,2-3H2,1H3,(H,16,17)/t5-/m1/s1. The van der Waals surface area contributed by atoms with Crippen LogP contribution in [0.3, 0.4) is 0 Å². The molecule has 0 saturated heterocycles. The van der Waals surface area contributed by atoms with Crippen LogP contribution in [-0.4, -0.2) is 59.5 Å². The minimum Gasteiger partial charge on any atom is -0.503 e. The number of aliphatic hydroxyl groups is 1. The normalized spacial score (nSPS) is 18.4. The molecule has 1 aliphatic rings. The first-order valence-corrected chi connectivity index (χ1v) is 4.72. The summed E-state index contributed by atoms with van der Waals surface area (Å²) in [6.45, 7) is -1.65. The van der Waals surface area contributed by atoms with Crippen LogP contribution in [0.4, 0.5) is 13.2 Å². The van der Waals surface area contributed by atoms with Gasteiger partial charge in [0.2, 0.25) is 0 Å². The Kier molecular flexibility index (Phi) is 3.85. The number of carbonyl (C=O) groups excluding carboxylic acids is 1. The molecule has 0 bridgehead atoms. The third kappa shape index (κ3) is 2.55. The van der Waals surface area contributed by atoms with E-state index in [4.69, 9.17) is 5.11 Å². The molecule has 9 heteroatoms. The number of amides is 1. The fourth-order valence-electron chi connectivity index (χ4n) is 1.52. The number of hydrogen-bond donors (Lipinski definition) is 2. The first-order valence-electron chi connectivity index (χ1n) is 4.72. The van der Waals surface area contributed by atoms with E-state index in [1.54, 1.807) is 0 Å². The van der Waals surface area contributed by atoms with Crippen LogP contribution in [0.2, 0.25) is 0 Å². The molecule has 102 valence electrons. The van der Waals surface area contributed by atoms with Crippen molar-refractivity contribution in [1.82, 2.24) is 4.90 Å². The minimum absolute atomic E-state index is 0.224. The van der Waals surface area contributed by atoms with Gasteiger partial charge in [-0.2, -0.15) is 13.2 Å². The van der Waals surface area contributed by atoms with Crippen LogP contribution >= 0.6 is 0 Å². The molecule has 0 radical (unpaired) electrons. The SMILES string of the molecule is COC[C@@H](N1CC(C(=O)O)=C(O)C1=O)C(F)(F)F. The highest BCUT2D eigenvalue weighted by Crippen LogP contribution is 2.30. The third-order valence-electron chi connectivity index (χ3n) is 2.41. The van der Waals surface area contributed by atoms with E-state index >= 15 is 0 Å². The van der Waals surface area contributed by atoms with Crippen LogP contribution < -0.4 is 0 Å². The monoisotopic (exact) mass is 269 g/mol. The van der Waals surface area contributed by atoms with E-state index in [1.807, 2.05) is 0 Å². The van der Waals surface area contributed by atoms with Crippen molar-refractivity contribution in [2.24, 2.45) is 0 Å². The average Bonchev–Trinajstić information content (AvgIpc) is 2.52. The highest BCUT2D eigenvalue weighted by molar-refractivity contribution is 6.04. The summed E-state index contributed by atoms with van der Waals surface area (Å²) in [6.07, 6.45) is -4.78. The van der Waals surface area contributed by atoms with Gasteiger partial charge < -0.3 is 19.8 Å². The number of ether oxygens (including phenoxy) is 1. The van der Waals surface area contributed by atoms with E-state index < -0.39 is 48.6 Å². The summed E-state index contributed by atoms with van der Waals surface area (Å²) < 4.78 is 42.4. The second-order valence-electron chi connectivity index (χ2n) is 3.58. The molecule has 0 fully saturated rings. The second-order valence-corrected chi connectivity index (χ2v) is 3.58. The van der Waals surface area contributed by atoms with E-state index in [9.17, 15) is 27.9 Å². The third-order valence-corrected chi connectivity index (χ3v) is 2.41. The summed E-state index contributed by atoms with van der Waals surface area (Å²) in [5.41, 5.74) is -0.759. The zero-order chi connectivity index (χ0) is 14.1. The van der Waals surface area contributed by atoms with Gasteiger partial charge in [-0.25, -0.2) is 4.79 Å². The number of halogens is 3. The molecule has 1 amide bonds. The Hall–Kier alpha value is -1.77. The van der Waals surface area contributed by atoms with E-state index in [2.05, 4.69) is 4.74 Å². The number of methoxy groups -OCH3 is 1. The highest BCUT2D eigenvalue weighted by Gasteiger charge is 2.49. The summed E-state index contributed by atoms with van der Waals surface area (Å²) in [7, 11) is 1.02. The number of hydrogen-bond acceptors (Lipinski definition) is 4. The maximum absolute atomic E-state index is 12.7. The van der Waals surface area contributed by atoms with Gasteiger partial charge in [0.25, 0.3) is 5.91 Å². The van der Waals surface area contributed by atoms with Crippen LogP contribution in [0.1, 0.15) is 0 Å². The van der Waals surface area contributed by atoms with E-state index in [0.29, 0.717) is 0 Å². The van der Waals surface area contributed by atoms with Crippen LogP contribution in [0.5, 0.6) is 0 Å². The van der Waals surface area contributed by atoms with Gasteiger partial charge in [0.1, 0.15) is 5.57 Å². The Morgan fingerprint density at radius 3 is 2.44 bits per heavy atom. The molecule has 18 heavy (non-hydrogen) atoms. The van der Waals surface area contributed by atoms with Crippen molar-refractivity contribution < 1.29 is 37.7 Å². The van der Waals surface area contributed by atoms with Gasteiger partial charge >= 0.3 is 12.1 Å². The highest BCUT2D eigenvalue weighted by atomic mass is 19.4. The van der Waals surface area contributed by atoms with E-state index in [1.165, 1.54) is 0 Å². The Morgan fingerprint density at radius 2 is 2.11 bits per heavy atom. The topological polar surface area (TPSA) is 87.1 Å². The molecule has 0 aromatic heterocycles. The molecule has 0 spiro atoms. The predicted octanol–water partition coefficient (Wildman–Crippen LogP) is 0.303. The largest absolute Gasteiger partial charge is 0.503 e. The van der Waals surface area contributed by atoms with Crippen molar-refractivity contribution in [2.45, 2.75) is 12.2 Å². The minimum atomic E-state index is -4.78. The fourth-order valence-corrected chi connectivity index (χ4v) is 1.52. The lowest BCUT2D eigenvalue weighted by molar-refractivity contribution is -0.196. The van der Waals surface area contributed by atoms with Crippen molar-refractivity contribution in [1.29, 1.82) is 0 Å². The van der Waals surface area contributed by atoms with Crippen molar-refractivity contribution in [3.05, 3.63) is 11.3 Å². The summed E-state index contributed by atoms with van der Waals surface area (Å²) in [6, 6.07) is -2.30. The van der Waals surface area contributed by atoms with E-state index in [0.717, 1.165) is 7.11 Å². The zero-order valence-corrected chi connectivity index (χ0v) is 9.19. The number of nitrogens with zero attached hydrogens (tertiary/aromatic N) is 1. The Morgan fingerprint density at radius 1 is 1.56 bits per heavy atom. The number of aliphatic hydroxyl groups excluding tert-OH is 1. The van der Waals surface area contributed by atoms with Crippen molar-refractivity contribution in [3.8, 4) is 0 Å². The average molecular weight is 269 g/mol. The lowest BCUT2D eigenvalue weighted by atomic mass is 10.2. The lowest BCUT2D eigenvalue weighted by Crippen LogP contribution is -2.50. The van der Waals surface area contributed by atoms with Gasteiger partial charge in [-0.1, -0.05) is 0 Å². The smallest absolute Gasteiger partial charge is 0.411 e. The quantitative estimate of drug-likeness (QED) is 0.766. The molecule has 1 heterocycles. The molecule has 6 nitrogen and oxygen atoms in total. The van der Waals surface area contributed by atoms with Crippen molar-refractivity contribution >= 4 is 11.9 Å². The second kappa shape index (κ2) is 4.84. The van der Waals surface area contributed by atoms with Gasteiger partial charge in [-0.05, 0) is 0 Å². The number of aliphatic carboxylic acids is 1. The predicted molar refractivity (Wildman–Crippen MR) is 50.7 cm³/mol. The first-order chi connectivity index (χ1) is 8.20. The Balaban J connectivity index is 3.00. The molecule has 2 N–H and O–H groups in total. The Bertz CT molecular complexity index is 403.